The second kappa shape index (κ2) is 8.20. The molecular weight excluding hydrogens is 331 g/mol. The summed E-state index contributed by atoms with van der Waals surface area (Å²) in [7, 11) is 0. The van der Waals surface area contributed by atoms with Crippen molar-refractivity contribution in [1.82, 2.24) is 9.97 Å². The molecule has 1 aromatic heterocycles. The van der Waals surface area contributed by atoms with Crippen LogP contribution in [0.4, 0.5) is 15.9 Å². The van der Waals surface area contributed by atoms with Gasteiger partial charge < -0.3 is 10.6 Å². The van der Waals surface area contributed by atoms with Gasteiger partial charge in [0.05, 0.1) is 0 Å². The number of carbonyl (C=O) groups excluding carboxylic acids is 1. The normalized spacial score (nSPS) is 10.4. The van der Waals surface area contributed by atoms with E-state index < -0.39 is 0 Å². The number of hydrogen-bond acceptors (Lipinski definition) is 4. The first-order chi connectivity index (χ1) is 12.6. The van der Waals surface area contributed by atoms with Crippen molar-refractivity contribution >= 4 is 17.4 Å². The molecule has 0 aliphatic rings. The Hall–Kier alpha value is -3.28. The number of carbonyl (C=O) groups is 1. The number of amides is 1. The third kappa shape index (κ3) is 4.63. The van der Waals surface area contributed by atoms with Gasteiger partial charge in [0.2, 0.25) is 0 Å². The van der Waals surface area contributed by atoms with Crippen LogP contribution in [0.25, 0.3) is 0 Å². The average molecular weight is 350 g/mol. The molecule has 0 aliphatic carbocycles. The molecule has 0 spiro atoms. The number of aryl methyl sites for hydroxylation is 1. The predicted molar refractivity (Wildman–Crippen MR) is 99.8 cm³/mol. The standard InChI is InChI=1S/C20H19FN4O/c1-14-5-4-7-16(11-14)25-20(26)18-12-19(24-13-23-18)22-10-9-15-6-2-3-8-17(15)21/h2-8,11-13H,9-10H2,1H3,(H,25,26)(H,22,23,24). The van der Waals surface area contributed by atoms with E-state index in [1.807, 2.05) is 31.2 Å². The molecule has 5 nitrogen and oxygen atoms in total. The van der Waals surface area contributed by atoms with E-state index in [9.17, 15) is 9.18 Å². The summed E-state index contributed by atoms with van der Waals surface area (Å²) in [5, 5.41) is 5.90. The van der Waals surface area contributed by atoms with Crippen molar-refractivity contribution in [3.05, 3.63) is 83.6 Å². The van der Waals surface area contributed by atoms with Crippen molar-refractivity contribution in [2.24, 2.45) is 0 Å². The van der Waals surface area contributed by atoms with Gasteiger partial charge in [-0.3, -0.25) is 4.79 Å². The van der Waals surface area contributed by atoms with Crippen LogP contribution in [-0.4, -0.2) is 22.4 Å². The topological polar surface area (TPSA) is 66.9 Å². The van der Waals surface area contributed by atoms with Crippen molar-refractivity contribution < 1.29 is 9.18 Å². The lowest BCUT2D eigenvalue weighted by atomic mass is 10.1. The highest BCUT2D eigenvalue weighted by Gasteiger charge is 2.09. The van der Waals surface area contributed by atoms with Gasteiger partial charge in [-0.15, -0.1) is 0 Å². The Morgan fingerprint density at radius 3 is 2.73 bits per heavy atom. The summed E-state index contributed by atoms with van der Waals surface area (Å²) in [6.45, 7) is 2.45. The molecule has 6 heteroatoms. The Bertz CT molecular complexity index is 914. The predicted octanol–water partition coefficient (Wildman–Crippen LogP) is 3.83. The zero-order valence-electron chi connectivity index (χ0n) is 14.4. The highest BCUT2D eigenvalue weighted by molar-refractivity contribution is 6.03. The highest BCUT2D eigenvalue weighted by Crippen LogP contribution is 2.12. The fourth-order valence-corrected chi connectivity index (χ4v) is 2.52. The number of rotatable bonds is 6. The maximum atomic E-state index is 13.6. The average Bonchev–Trinajstić information content (AvgIpc) is 2.64. The van der Waals surface area contributed by atoms with Crippen LogP contribution in [0.15, 0.2) is 60.9 Å². The monoisotopic (exact) mass is 350 g/mol. The number of aromatic nitrogens is 2. The molecule has 3 aromatic rings. The summed E-state index contributed by atoms with van der Waals surface area (Å²) in [6.07, 6.45) is 1.85. The Morgan fingerprint density at radius 2 is 1.92 bits per heavy atom. The van der Waals surface area contributed by atoms with Crippen molar-refractivity contribution in [2.75, 3.05) is 17.2 Å². The van der Waals surface area contributed by atoms with E-state index in [1.165, 1.54) is 12.4 Å². The summed E-state index contributed by atoms with van der Waals surface area (Å²) in [6, 6.07) is 15.8. The van der Waals surface area contributed by atoms with Crippen LogP contribution >= 0.6 is 0 Å². The summed E-state index contributed by atoms with van der Waals surface area (Å²) in [5.41, 5.74) is 2.66. The van der Waals surface area contributed by atoms with E-state index in [1.54, 1.807) is 24.3 Å². The highest BCUT2D eigenvalue weighted by atomic mass is 19.1. The summed E-state index contributed by atoms with van der Waals surface area (Å²) in [4.78, 5) is 20.5. The van der Waals surface area contributed by atoms with Gasteiger partial charge >= 0.3 is 0 Å². The van der Waals surface area contributed by atoms with Crippen LogP contribution in [0, 0.1) is 12.7 Å². The molecule has 0 radical (unpaired) electrons. The maximum Gasteiger partial charge on any atom is 0.274 e. The van der Waals surface area contributed by atoms with E-state index in [4.69, 9.17) is 0 Å². The quantitative estimate of drug-likeness (QED) is 0.709. The largest absolute Gasteiger partial charge is 0.370 e. The molecule has 3 rings (SSSR count). The molecule has 1 amide bonds. The molecule has 1 heterocycles. The van der Waals surface area contributed by atoms with Gasteiger partial charge in [-0.2, -0.15) is 0 Å². The molecule has 26 heavy (non-hydrogen) atoms. The fraction of sp³-hybridized carbons (Fsp3) is 0.150. The molecule has 0 fully saturated rings. The van der Waals surface area contributed by atoms with Crippen LogP contribution in [0.2, 0.25) is 0 Å². The zero-order valence-corrected chi connectivity index (χ0v) is 14.4. The van der Waals surface area contributed by atoms with Crippen LogP contribution in [0.3, 0.4) is 0 Å². The Kier molecular flexibility index (Phi) is 5.53. The van der Waals surface area contributed by atoms with Crippen LogP contribution in [0.5, 0.6) is 0 Å². The van der Waals surface area contributed by atoms with Crippen LogP contribution in [-0.2, 0) is 6.42 Å². The van der Waals surface area contributed by atoms with Gasteiger partial charge in [0, 0.05) is 18.3 Å². The molecular formula is C20H19FN4O. The maximum absolute atomic E-state index is 13.6. The Labute approximate surface area is 151 Å². The molecule has 0 saturated heterocycles. The number of nitrogens with zero attached hydrogens (tertiary/aromatic N) is 2. The summed E-state index contributed by atoms with van der Waals surface area (Å²) < 4.78 is 13.6. The van der Waals surface area contributed by atoms with Gasteiger partial charge in [0.15, 0.2) is 0 Å². The molecule has 0 bridgehead atoms. The molecule has 0 aliphatic heterocycles. The van der Waals surface area contributed by atoms with Gasteiger partial charge in [-0.1, -0.05) is 30.3 Å². The molecule has 0 saturated carbocycles. The lowest BCUT2D eigenvalue weighted by molar-refractivity contribution is 0.102. The molecule has 2 aromatic carbocycles. The molecule has 132 valence electrons. The fourth-order valence-electron chi connectivity index (χ4n) is 2.52. The second-order valence-corrected chi connectivity index (χ2v) is 5.88. The lowest BCUT2D eigenvalue weighted by Gasteiger charge is -2.08. The first-order valence-electron chi connectivity index (χ1n) is 8.29. The van der Waals surface area contributed by atoms with Crippen LogP contribution < -0.4 is 10.6 Å². The third-order valence-electron chi connectivity index (χ3n) is 3.83. The van der Waals surface area contributed by atoms with Crippen molar-refractivity contribution in [1.29, 1.82) is 0 Å². The number of halogens is 1. The van der Waals surface area contributed by atoms with Gasteiger partial charge in [-0.25, -0.2) is 14.4 Å². The summed E-state index contributed by atoms with van der Waals surface area (Å²) >= 11 is 0. The van der Waals surface area contributed by atoms with Gasteiger partial charge in [-0.05, 0) is 42.7 Å². The smallest absolute Gasteiger partial charge is 0.274 e. The second-order valence-electron chi connectivity index (χ2n) is 5.88. The van der Waals surface area contributed by atoms with Crippen molar-refractivity contribution in [3.63, 3.8) is 0 Å². The van der Waals surface area contributed by atoms with E-state index in [-0.39, 0.29) is 17.4 Å². The van der Waals surface area contributed by atoms with E-state index >= 15 is 0 Å². The molecule has 0 unspecified atom stereocenters. The third-order valence-corrected chi connectivity index (χ3v) is 3.83. The van der Waals surface area contributed by atoms with Crippen molar-refractivity contribution in [3.8, 4) is 0 Å². The first kappa shape index (κ1) is 17.5. The molecule has 2 N–H and O–H groups in total. The van der Waals surface area contributed by atoms with Crippen LogP contribution in [0.1, 0.15) is 21.6 Å². The number of nitrogens with one attached hydrogen (secondary N) is 2. The number of hydrogen-bond donors (Lipinski definition) is 2. The Morgan fingerprint density at radius 1 is 1.08 bits per heavy atom. The minimum absolute atomic E-state index is 0.227. The van der Waals surface area contributed by atoms with E-state index in [0.29, 0.717) is 30.0 Å². The number of anilines is 2. The number of benzene rings is 2. The summed E-state index contributed by atoms with van der Waals surface area (Å²) in [5.74, 6) is -0.0175. The SMILES string of the molecule is Cc1cccc(NC(=O)c2cc(NCCc3ccccc3F)ncn2)c1. The minimum atomic E-state index is -0.310. The van der Waals surface area contributed by atoms with Gasteiger partial charge in [0.1, 0.15) is 23.7 Å². The van der Waals surface area contributed by atoms with Gasteiger partial charge in [0.25, 0.3) is 5.91 Å². The van der Waals surface area contributed by atoms with Crippen molar-refractivity contribution in [2.45, 2.75) is 13.3 Å². The lowest BCUT2D eigenvalue weighted by Crippen LogP contribution is -2.15. The molecule has 0 atom stereocenters. The van der Waals surface area contributed by atoms with E-state index in [0.717, 1.165) is 5.56 Å². The van der Waals surface area contributed by atoms with E-state index in [2.05, 4.69) is 20.6 Å². The zero-order chi connectivity index (χ0) is 18.4. The first-order valence-corrected chi connectivity index (χ1v) is 8.29. The minimum Gasteiger partial charge on any atom is -0.370 e. The Balaban J connectivity index is 1.60.